The molecule has 0 aliphatic rings. The Morgan fingerprint density at radius 3 is 1.28 bits per heavy atom. The van der Waals surface area contributed by atoms with Gasteiger partial charge in [-0.15, -0.1) is 0 Å². The third-order valence-corrected chi connectivity index (χ3v) is 4.33. The van der Waals surface area contributed by atoms with Gasteiger partial charge in [0.15, 0.2) is 11.9 Å². The van der Waals surface area contributed by atoms with Gasteiger partial charge in [-0.3, -0.25) is 9.11 Å². The molecule has 0 atom stereocenters. The molecule has 29 heavy (non-hydrogen) atoms. The van der Waals surface area contributed by atoms with E-state index in [2.05, 4.69) is 41.8 Å². The van der Waals surface area contributed by atoms with Gasteiger partial charge in [0.05, 0.1) is 13.1 Å². The first-order valence-electron chi connectivity index (χ1n) is 7.67. The Kier molecular flexibility index (Phi) is 12.8. The molecule has 0 fully saturated rings. The predicted molar refractivity (Wildman–Crippen MR) is 121 cm³/mol. The lowest BCUT2D eigenvalue weighted by atomic mass is 10.2. The average molecular weight is 554 g/mol. The van der Waals surface area contributed by atoms with Gasteiger partial charge in [0.25, 0.3) is 0 Å². The molecule has 13 heteroatoms. The number of benzene rings is 2. The van der Waals surface area contributed by atoms with Gasteiger partial charge >= 0.3 is 10.4 Å². The van der Waals surface area contributed by atoms with E-state index in [1.165, 1.54) is 0 Å². The summed E-state index contributed by atoms with van der Waals surface area (Å²) in [5.41, 5.74) is 23.0. The summed E-state index contributed by atoms with van der Waals surface area (Å²) in [7, 11) is -4.67. The first kappa shape index (κ1) is 26.8. The standard InChI is InChI=1S/2C8H10BrN3.H2O4S/c2*9-7-4-2-1-3-6(7)5-12-8(10)11;1-5(2,3)4/h2*1-4H,5H2,(H4,10,11,12);(H2,1,2,3,4). The van der Waals surface area contributed by atoms with Gasteiger partial charge in [0.1, 0.15) is 0 Å². The zero-order chi connectivity index (χ0) is 22.4. The zero-order valence-electron chi connectivity index (χ0n) is 15.1. The summed E-state index contributed by atoms with van der Waals surface area (Å²) in [5.74, 6) is 0.233. The second-order valence-electron chi connectivity index (χ2n) is 5.11. The predicted octanol–water partition coefficient (Wildman–Crippen LogP) is 1.79. The summed E-state index contributed by atoms with van der Waals surface area (Å²) in [4.78, 5) is 7.80. The Bertz CT molecular complexity index is 861. The third kappa shape index (κ3) is 16.5. The molecule has 0 amide bonds. The zero-order valence-corrected chi connectivity index (χ0v) is 19.1. The number of halogens is 2. The maximum atomic E-state index is 8.74. The fraction of sp³-hybridized carbons (Fsp3) is 0.125. The van der Waals surface area contributed by atoms with Gasteiger partial charge in [0, 0.05) is 8.95 Å². The molecule has 2 rings (SSSR count). The van der Waals surface area contributed by atoms with Crippen LogP contribution in [0.15, 0.2) is 67.5 Å². The van der Waals surface area contributed by atoms with Gasteiger partial charge in [-0.25, -0.2) is 9.98 Å². The smallest absolute Gasteiger partial charge is 0.370 e. The molecule has 0 aromatic heterocycles. The maximum Gasteiger partial charge on any atom is 0.394 e. The van der Waals surface area contributed by atoms with Crippen LogP contribution in [0.25, 0.3) is 0 Å². The molecule has 2 aromatic carbocycles. The van der Waals surface area contributed by atoms with E-state index in [-0.39, 0.29) is 11.9 Å². The van der Waals surface area contributed by atoms with E-state index in [1.54, 1.807) is 0 Å². The molecule has 2 aromatic rings. The van der Waals surface area contributed by atoms with Crippen LogP contribution in [-0.2, 0) is 23.5 Å². The highest BCUT2D eigenvalue weighted by Crippen LogP contribution is 2.16. The van der Waals surface area contributed by atoms with Crippen molar-refractivity contribution >= 4 is 54.2 Å². The van der Waals surface area contributed by atoms with E-state index >= 15 is 0 Å². The van der Waals surface area contributed by atoms with Crippen LogP contribution in [0, 0.1) is 0 Å². The van der Waals surface area contributed by atoms with Crippen LogP contribution in [0.3, 0.4) is 0 Å². The summed E-state index contributed by atoms with van der Waals surface area (Å²) in [6.07, 6.45) is 0. The molecule has 0 saturated heterocycles. The van der Waals surface area contributed by atoms with Crippen molar-refractivity contribution in [3.05, 3.63) is 68.6 Å². The van der Waals surface area contributed by atoms with Gasteiger partial charge in [-0.05, 0) is 23.3 Å². The van der Waals surface area contributed by atoms with Crippen LogP contribution in [0.5, 0.6) is 0 Å². The second kappa shape index (κ2) is 13.9. The Balaban J connectivity index is 0.000000442. The molecule has 0 saturated carbocycles. The van der Waals surface area contributed by atoms with Crippen molar-refractivity contribution in [3.8, 4) is 0 Å². The minimum atomic E-state index is -4.67. The quantitative estimate of drug-likeness (QED) is 0.186. The summed E-state index contributed by atoms with van der Waals surface area (Å²) in [5, 5.41) is 0. The number of hydrogen-bond acceptors (Lipinski definition) is 4. The highest BCUT2D eigenvalue weighted by Gasteiger charge is 1.96. The molecule has 0 spiro atoms. The van der Waals surface area contributed by atoms with Gasteiger partial charge in [-0.2, -0.15) is 8.42 Å². The van der Waals surface area contributed by atoms with Crippen molar-refractivity contribution in [2.24, 2.45) is 32.9 Å². The number of rotatable bonds is 4. The van der Waals surface area contributed by atoms with Crippen molar-refractivity contribution in [2.45, 2.75) is 13.1 Å². The molecule has 160 valence electrons. The van der Waals surface area contributed by atoms with Crippen LogP contribution in [0.1, 0.15) is 11.1 Å². The van der Waals surface area contributed by atoms with E-state index in [0.717, 1.165) is 20.1 Å². The Morgan fingerprint density at radius 2 is 1.03 bits per heavy atom. The van der Waals surface area contributed by atoms with Crippen LogP contribution in [-0.4, -0.2) is 29.4 Å². The maximum absolute atomic E-state index is 8.74. The first-order valence-corrected chi connectivity index (χ1v) is 10.7. The largest absolute Gasteiger partial charge is 0.394 e. The molecule has 0 bridgehead atoms. The third-order valence-electron chi connectivity index (χ3n) is 2.78. The van der Waals surface area contributed by atoms with Crippen LogP contribution in [0.2, 0.25) is 0 Å². The Labute approximate surface area is 185 Å². The van der Waals surface area contributed by atoms with Gasteiger partial charge < -0.3 is 22.9 Å². The molecule has 0 unspecified atom stereocenters. The lowest BCUT2D eigenvalue weighted by Crippen LogP contribution is -2.22. The molecule has 0 aliphatic heterocycles. The van der Waals surface area contributed by atoms with Crippen molar-refractivity contribution in [1.82, 2.24) is 0 Å². The highest BCUT2D eigenvalue weighted by atomic mass is 79.9. The van der Waals surface area contributed by atoms with E-state index in [1.807, 2.05) is 48.5 Å². The van der Waals surface area contributed by atoms with Crippen molar-refractivity contribution in [3.63, 3.8) is 0 Å². The average Bonchev–Trinajstić information content (AvgIpc) is 2.59. The Morgan fingerprint density at radius 1 is 0.759 bits per heavy atom. The summed E-state index contributed by atoms with van der Waals surface area (Å²) in [6.45, 7) is 1.04. The van der Waals surface area contributed by atoms with Crippen LogP contribution >= 0.6 is 31.9 Å². The summed E-state index contributed by atoms with van der Waals surface area (Å²) < 4.78 is 33.6. The van der Waals surface area contributed by atoms with Crippen molar-refractivity contribution in [1.29, 1.82) is 0 Å². The summed E-state index contributed by atoms with van der Waals surface area (Å²) in [6, 6.07) is 15.6. The van der Waals surface area contributed by atoms with Crippen LogP contribution in [0.4, 0.5) is 0 Å². The fourth-order valence-electron chi connectivity index (χ4n) is 1.61. The Hall–Kier alpha value is -2.19. The van der Waals surface area contributed by atoms with E-state index in [0.29, 0.717) is 13.1 Å². The monoisotopic (exact) mass is 552 g/mol. The topological polar surface area (TPSA) is 203 Å². The van der Waals surface area contributed by atoms with Crippen LogP contribution < -0.4 is 22.9 Å². The first-order chi connectivity index (χ1) is 13.4. The number of nitrogens with zero attached hydrogens (tertiary/aromatic N) is 2. The minimum Gasteiger partial charge on any atom is -0.370 e. The molecule has 0 radical (unpaired) electrons. The van der Waals surface area contributed by atoms with Crippen molar-refractivity contribution < 1.29 is 17.5 Å². The second-order valence-corrected chi connectivity index (χ2v) is 7.72. The number of hydrogen-bond donors (Lipinski definition) is 6. The number of aliphatic imine (C=N–C) groups is 2. The molecule has 0 heterocycles. The lowest BCUT2D eigenvalue weighted by molar-refractivity contribution is 0.381. The highest BCUT2D eigenvalue weighted by molar-refractivity contribution is 9.10. The van der Waals surface area contributed by atoms with E-state index in [4.69, 9.17) is 40.5 Å². The molecular weight excluding hydrogens is 532 g/mol. The van der Waals surface area contributed by atoms with E-state index in [9.17, 15) is 0 Å². The van der Waals surface area contributed by atoms with E-state index < -0.39 is 10.4 Å². The normalized spacial score (nSPS) is 9.79. The van der Waals surface area contributed by atoms with Gasteiger partial charge in [0.2, 0.25) is 0 Å². The van der Waals surface area contributed by atoms with Gasteiger partial charge in [-0.1, -0.05) is 68.3 Å². The van der Waals surface area contributed by atoms with Crippen molar-refractivity contribution in [2.75, 3.05) is 0 Å². The molecule has 10 nitrogen and oxygen atoms in total. The SMILES string of the molecule is NC(N)=NCc1ccccc1Br.NC(N)=NCc1ccccc1Br.O=S(=O)(O)O. The lowest BCUT2D eigenvalue weighted by Gasteiger charge is -1.99. The molecular formula is C16H22Br2N6O4S. The number of guanidine groups is 2. The summed E-state index contributed by atoms with van der Waals surface area (Å²) >= 11 is 6.79. The number of nitrogens with two attached hydrogens (primary N) is 4. The molecule has 10 N–H and O–H groups in total. The molecule has 0 aliphatic carbocycles. The minimum absolute atomic E-state index is 0.116. The fourth-order valence-corrected chi connectivity index (χ4v) is 2.43.